The zero-order valence-electron chi connectivity index (χ0n) is 14.2. The maximum atomic E-state index is 12.2. The predicted octanol–water partition coefficient (Wildman–Crippen LogP) is 2.79. The molecule has 0 spiro atoms. The molecule has 1 amide bonds. The van der Waals surface area contributed by atoms with Crippen LogP contribution in [-0.4, -0.2) is 31.4 Å². The van der Waals surface area contributed by atoms with Crippen molar-refractivity contribution in [3.05, 3.63) is 70.8 Å². The zero-order valence-corrected chi connectivity index (χ0v) is 14.2. The van der Waals surface area contributed by atoms with Crippen LogP contribution in [0.1, 0.15) is 27.0 Å². The van der Waals surface area contributed by atoms with Gasteiger partial charge in [0.1, 0.15) is 0 Å². The smallest absolute Gasteiger partial charge is 0.251 e. The summed E-state index contributed by atoms with van der Waals surface area (Å²) < 4.78 is 0. The Labute approximate surface area is 143 Å². The predicted molar refractivity (Wildman–Crippen MR) is 95.6 cm³/mol. The summed E-state index contributed by atoms with van der Waals surface area (Å²) in [5, 5.41) is 11.7. The number of rotatable bonds is 7. The molecule has 0 aliphatic rings. The number of carbonyl (C=O) groups is 1. The van der Waals surface area contributed by atoms with E-state index in [1.807, 2.05) is 26.2 Å². The molecule has 0 unspecified atom stereocenters. The highest BCUT2D eigenvalue weighted by Crippen LogP contribution is 2.08. The van der Waals surface area contributed by atoms with Gasteiger partial charge in [-0.25, -0.2) is 0 Å². The first-order chi connectivity index (χ1) is 11.6. The van der Waals surface area contributed by atoms with Crippen LogP contribution in [0.25, 0.3) is 0 Å². The summed E-state index contributed by atoms with van der Waals surface area (Å²) in [7, 11) is 4.10. The number of nitriles is 1. The molecule has 4 heteroatoms. The van der Waals surface area contributed by atoms with E-state index < -0.39 is 0 Å². The van der Waals surface area contributed by atoms with Crippen LogP contribution < -0.4 is 5.32 Å². The highest BCUT2D eigenvalue weighted by atomic mass is 16.1. The van der Waals surface area contributed by atoms with Crippen LogP contribution in [0.15, 0.2) is 48.5 Å². The zero-order chi connectivity index (χ0) is 17.4. The van der Waals surface area contributed by atoms with E-state index in [1.165, 1.54) is 11.1 Å². The fourth-order valence-corrected chi connectivity index (χ4v) is 2.58. The Bertz CT molecular complexity index is 732. The second-order valence-corrected chi connectivity index (χ2v) is 6.10. The Morgan fingerprint density at radius 1 is 1.08 bits per heavy atom. The van der Waals surface area contributed by atoms with Crippen LogP contribution in [-0.2, 0) is 19.4 Å². The lowest BCUT2D eigenvalue weighted by Gasteiger charge is -2.11. The second kappa shape index (κ2) is 8.85. The first kappa shape index (κ1) is 17.7. The summed E-state index contributed by atoms with van der Waals surface area (Å²) in [6.45, 7) is 1.50. The summed E-state index contributed by atoms with van der Waals surface area (Å²) in [5.74, 6) is -0.0979. The van der Waals surface area contributed by atoms with Crippen molar-refractivity contribution < 1.29 is 4.79 Å². The molecule has 0 aliphatic carbocycles. The van der Waals surface area contributed by atoms with E-state index in [0.29, 0.717) is 18.5 Å². The van der Waals surface area contributed by atoms with Gasteiger partial charge in [-0.1, -0.05) is 36.4 Å². The van der Waals surface area contributed by atoms with Crippen LogP contribution in [0.4, 0.5) is 0 Å². The first-order valence-electron chi connectivity index (χ1n) is 8.05. The van der Waals surface area contributed by atoms with Crippen molar-refractivity contribution in [1.82, 2.24) is 10.2 Å². The number of hydrogen-bond donors (Lipinski definition) is 1. The Kier molecular flexibility index (Phi) is 6.53. The van der Waals surface area contributed by atoms with Gasteiger partial charge in [0.05, 0.1) is 12.5 Å². The van der Waals surface area contributed by atoms with Crippen molar-refractivity contribution in [2.24, 2.45) is 0 Å². The van der Waals surface area contributed by atoms with Crippen LogP contribution in [0.5, 0.6) is 0 Å². The van der Waals surface area contributed by atoms with Crippen molar-refractivity contribution in [3.63, 3.8) is 0 Å². The maximum Gasteiger partial charge on any atom is 0.251 e. The monoisotopic (exact) mass is 321 g/mol. The van der Waals surface area contributed by atoms with E-state index in [-0.39, 0.29) is 5.91 Å². The molecule has 0 saturated carbocycles. The number of carbonyl (C=O) groups excluding carboxylic acids is 1. The molecule has 0 heterocycles. The fraction of sp³-hybridized carbons (Fsp3) is 0.300. The molecule has 24 heavy (non-hydrogen) atoms. The Morgan fingerprint density at radius 3 is 2.54 bits per heavy atom. The van der Waals surface area contributed by atoms with Crippen molar-refractivity contribution in [2.75, 3.05) is 20.6 Å². The van der Waals surface area contributed by atoms with Crippen molar-refractivity contribution in [1.29, 1.82) is 5.26 Å². The summed E-state index contributed by atoms with van der Waals surface area (Å²) in [5.41, 5.74) is 3.95. The van der Waals surface area contributed by atoms with E-state index >= 15 is 0 Å². The molecule has 2 aromatic carbocycles. The van der Waals surface area contributed by atoms with Gasteiger partial charge >= 0.3 is 0 Å². The molecule has 0 fully saturated rings. The minimum Gasteiger partial charge on any atom is -0.352 e. The molecular weight excluding hydrogens is 298 g/mol. The topological polar surface area (TPSA) is 56.1 Å². The highest BCUT2D eigenvalue weighted by Gasteiger charge is 2.06. The molecule has 1 N–H and O–H groups in total. The van der Waals surface area contributed by atoms with Crippen molar-refractivity contribution in [2.45, 2.75) is 19.4 Å². The van der Waals surface area contributed by atoms with Crippen LogP contribution in [0.2, 0.25) is 0 Å². The SMILES string of the molecule is CN(C)Cc1cccc(CCNC(=O)c2cccc(CC#N)c2)c1. The average Bonchev–Trinajstić information content (AvgIpc) is 2.55. The average molecular weight is 321 g/mol. The molecule has 4 nitrogen and oxygen atoms in total. The van der Waals surface area contributed by atoms with Gasteiger partial charge in [-0.05, 0) is 49.3 Å². The van der Waals surface area contributed by atoms with Crippen molar-refractivity contribution >= 4 is 5.91 Å². The second-order valence-electron chi connectivity index (χ2n) is 6.10. The molecule has 0 bridgehead atoms. The molecule has 0 aromatic heterocycles. The number of nitrogens with one attached hydrogen (secondary N) is 1. The number of hydrogen-bond acceptors (Lipinski definition) is 3. The lowest BCUT2D eigenvalue weighted by atomic mass is 10.1. The van der Waals surface area contributed by atoms with Gasteiger partial charge in [-0.3, -0.25) is 4.79 Å². The number of benzene rings is 2. The lowest BCUT2D eigenvalue weighted by molar-refractivity contribution is 0.0954. The van der Waals surface area contributed by atoms with Crippen LogP contribution >= 0.6 is 0 Å². The third-order valence-electron chi connectivity index (χ3n) is 3.66. The highest BCUT2D eigenvalue weighted by molar-refractivity contribution is 5.94. The standard InChI is InChI=1S/C20H23N3O/c1-23(2)15-18-7-3-5-17(13-18)10-12-22-20(24)19-8-4-6-16(14-19)9-11-21/h3-8,13-14H,9-10,12,15H2,1-2H3,(H,22,24). The van der Waals surface area contributed by atoms with Gasteiger partial charge in [-0.15, -0.1) is 0 Å². The molecule has 2 rings (SSSR count). The van der Waals surface area contributed by atoms with E-state index in [0.717, 1.165) is 18.5 Å². The van der Waals surface area contributed by atoms with E-state index in [2.05, 4.69) is 40.6 Å². The quantitative estimate of drug-likeness (QED) is 0.853. The van der Waals surface area contributed by atoms with Gasteiger partial charge < -0.3 is 10.2 Å². The molecular formula is C20H23N3O. The van der Waals surface area contributed by atoms with Crippen molar-refractivity contribution in [3.8, 4) is 6.07 Å². The van der Waals surface area contributed by atoms with E-state index in [9.17, 15) is 4.79 Å². The summed E-state index contributed by atoms with van der Waals surface area (Å²) >= 11 is 0. The summed E-state index contributed by atoms with van der Waals surface area (Å²) in [6.07, 6.45) is 1.12. The molecule has 0 atom stereocenters. The summed E-state index contributed by atoms with van der Waals surface area (Å²) in [4.78, 5) is 14.3. The molecule has 2 aromatic rings. The molecule has 124 valence electrons. The van der Waals surface area contributed by atoms with E-state index in [4.69, 9.17) is 5.26 Å². The Hall–Kier alpha value is -2.64. The van der Waals surface area contributed by atoms with Crippen LogP contribution in [0, 0.1) is 11.3 Å². The van der Waals surface area contributed by atoms with Gasteiger partial charge in [0.15, 0.2) is 0 Å². The van der Waals surface area contributed by atoms with Gasteiger partial charge in [0.25, 0.3) is 5.91 Å². The third kappa shape index (κ3) is 5.53. The Morgan fingerprint density at radius 2 is 1.79 bits per heavy atom. The van der Waals surface area contributed by atoms with E-state index in [1.54, 1.807) is 12.1 Å². The number of nitrogens with zero attached hydrogens (tertiary/aromatic N) is 2. The minimum absolute atomic E-state index is 0.0979. The van der Waals surface area contributed by atoms with Crippen LogP contribution in [0.3, 0.4) is 0 Å². The minimum atomic E-state index is -0.0979. The normalized spacial score (nSPS) is 10.4. The van der Waals surface area contributed by atoms with Gasteiger partial charge in [0, 0.05) is 18.7 Å². The molecule has 0 saturated heterocycles. The number of amides is 1. The fourth-order valence-electron chi connectivity index (χ4n) is 2.58. The first-order valence-corrected chi connectivity index (χ1v) is 8.05. The maximum absolute atomic E-state index is 12.2. The molecule has 0 aliphatic heterocycles. The summed E-state index contributed by atoms with van der Waals surface area (Å²) in [6, 6.07) is 17.7. The van der Waals surface area contributed by atoms with Gasteiger partial charge in [0.2, 0.25) is 0 Å². The largest absolute Gasteiger partial charge is 0.352 e. The Balaban J connectivity index is 1.89. The molecule has 0 radical (unpaired) electrons. The van der Waals surface area contributed by atoms with Gasteiger partial charge in [-0.2, -0.15) is 5.26 Å². The third-order valence-corrected chi connectivity index (χ3v) is 3.66. The lowest BCUT2D eigenvalue weighted by Crippen LogP contribution is -2.25.